The summed E-state index contributed by atoms with van der Waals surface area (Å²) in [6.45, 7) is 7.11. The van der Waals surface area contributed by atoms with Gasteiger partial charge in [0.25, 0.3) is 5.91 Å². The first-order chi connectivity index (χ1) is 14.8. The largest absolute Gasteiger partial charge is 0.486 e. The summed E-state index contributed by atoms with van der Waals surface area (Å²) in [5.41, 5.74) is 0.890. The number of sulfonamides is 1. The van der Waals surface area contributed by atoms with Crippen LogP contribution in [0.4, 0.5) is 4.39 Å². The van der Waals surface area contributed by atoms with Crippen molar-refractivity contribution in [1.82, 2.24) is 9.21 Å². The fourth-order valence-corrected chi connectivity index (χ4v) is 5.06. The van der Waals surface area contributed by atoms with Crippen LogP contribution < -0.4 is 9.47 Å². The maximum atomic E-state index is 14.4. The highest BCUT2D eigenvalue weighted by Crippen LogP contribution is 2.34. The lowest BCUT2D eigenvalue weighted by atomic mass is 10.1. The van der Waals surface area contributed by atoms with Crippen LogP contribution in [0.15, 0.2) is 41.3 Å². The molecule has 0 spiro atoms. The van der Waals surface area contributed by atoms with Crippen LogP contribution in [0.5, 0.6) is 11.5 Å². The zero-order chi connectivity index (χ0) is 22.6. The molecule has 0 radical (unpaired) electrons. The van der Waals surface area contributed by atoms with E-state index < -0.39 is 26.6 Å². The number of carbonyl (C=O) groups is 1. The number of hydrogen-bond acceptors (Lipinski definition) is 5. The number of para-hydroxylation sites is 1. The van der Waals surface area contributed by atoms with Gasteiger partial charge in [0.1, 0.15) is 23.9 Å². The fraction of sp³-hybridized carbons (Fsp3) is 0.409. The van der Waals surface area contributed by atoms with Crippen molar-refractivity contribution in [3.8, 4) is 11.5 Å². The summed E-state index contributed by atoms with van der Waals surface area (Å²) in [5.74, 6) is -0.0486. The van der Waals surface area contributed by atoms with Crippen LogP contribution in [-0.4, -0.2) is 56.4 Å². The monoisotopic (exact) mass is 450 g/mol. The van der Waals surface area contributed by atoms with E-state index in [0.29, 0.717) is 31.3 Å². The summed E-state index contributed by atoms with van der Waals surface area (Å²) in [4.78, 5) is 14.2. The average molecular weight is 451 g/mol. The Balaban J connectivity index is 1.91. The van der Waals surface area contributed by atoms with Gasteiger partial charge in [0.15, 0.2) is 11.5 Å². The Bertz CT molecular complexity index is 1050. The third-order valence-electron chi connectivity index (χ3n) is 5.18. The highest BCUT2D eigenvalue weighted by atomic mass is 32.2. The number of halogens is 1. The molecule has 1 aliphatic heterocycles. The average Bonchev–Trinajstić information content (AvgIpc) is 2.78. The molecule has 1 aliphatic rings. The minimum absolute atomic E-state index is 0.107. The van der Waals surface area contributed by atoms with E-state index in [-0.39, 0.29) is 25.2 Å². The predicted octanol–water partition coefficient (Wildman–Crippen LogP) is 3.29. The molecule has 1 heterocycles. The zero-order valence-corrected chi connectivity index (χ0v) is 18.7. The van der Waals surface area contributed by atoms with Crippen molar-refractivity contribution < 1.29 is 27.1 Å². The molecule has 2 aromatic carbocycles. The van der Waals surface area contributed by atoms with Gasteiger partial charge in [0, 0.05) is 37.3 Å². The van der Waals surface area contributed by atoms with Gasteiger partial charge < -0.3 is 14.4 Å². The summed E-state index contributed by atoms with van der Waals surface area (Å²) in [7, 11) is -4.04. The van der Waals surface area contributed by atoms with Crippen molar-refractivity contribution in [2.24, 2.45) is 0 Å². The van der Waals surface area contributed by atoms with Crippen LogP contribution in [-0.2, 0) is 16.6 Å². The van der Waals surface area contributed by atoms with Gasteiger partial charge in [-0.3, -0.25) is 4.79 Å². The first-order valence-corrected chi connectivity index (χ1v) is 11.7. The van der Waals surface area contributed by atoms with Gasteiger partial charge in [-0.1, -0.05) is 26.0 Å². The van der Waals surface area contributed by atoms with Gasteiger partial charge in [-0.2, -0.15) is 4.31 Å². The Labute approximate surface area is 182 Å². The van der Waals surface area contributed by atoms with Crippen LogP contribution in [0.2, 0.25) is 0 Å². The van der Waals surface area contributed by atoms with Crippen molar-refractivity contribution in [1.29, 1.82) is 0 Å². The molecule has 0 aromatic heterocycles. The van der Waals surface area contributed by atoms with Crippen LogP contribution >= 0.6 is 0 Å². The summed E-state index contributed by atoms with van der Waals surface area (Å²) >= 11 is 0. The molecule has 7 nitrogen and oxygen atoms in total. The maximum absolute atomic E-state index is 14.4. The van der Waals surface area contributed by atoms with Crippen molar-refractivity contribution in [3.05, 3.63) is 53.3 Å². The SMILES string of the molecule is CCN(Cc1cccc2c1OCCO2)C(=O)c1ccc(F)c(S(=O)(=O)N(CC)CC)c1. The maximum Gasteiger partial charge on any atom is 0.254 e. The summed E-state index contributed by atoms with van der Waals surface area (Å²) in [6.07, 6.45) is 0. The smallest absolute Gasteiger partial charge is 0.254 e. The lowest BCUT2D eigenvalue weighted by molar-refractivity contribution is 0.0748. The number of benzene rings is 2. The fourth-order valence-electron chi connectivity index (χ4n) is 3.51. The Hall–Kier alpha value is -2.65. The molecule has 31 heavy (non-hydrogen) atoms. The van der Waals surface area contributed by atoms with E-state index in [0.717, 1.165) is 22.0 Å². The first kappa shape index (κ1) is 23.0. The summed E-state index contributed by atoms with van der Waals surface area (Å²) in [5, 5.41) is 0. The van der Waals surface area contributed by atoms with Crippen LogP contribution in [0, 0.1) is 5.82 Å². The van der Waals surface area contributed by atoms with Gasteiger partial charge in [0.2, 0.25) is 10.0 Å². The van der Waals surface area contributed by atoms with Crippen LogP contribution in [0.25, 0.3) is 0 Å². The quantitative estimate of drug-likeness (QED) is 0.617. The third-order valence-corrected chi connectivity index (χ3v) is 7.24. The first-order valence-electron chi connectivity index (χ1n) is 10.3. The predicted molar refractivity (Wildman–Crippen MR) is 114 cm³/mol. The van der Waals surface area contributed by atoms with Crippen LogP contribution in [0.1, 0.15) is 36.7 Å². The van der Waals surface area contributed by atoms with Crippen molar-refractivity contribution in [3.63, 3.8) is 0 Å². The molecular formula is C22H27FN2O5S. The van der Waals surface area contributed by atoms with E-state index in [1.807, 2.05) is 19.1 Å². The number of rotatable bonds is 8. The molecule has 3 rings (SSSR count). The number of hydrogen-bond donors (Lipinski definition) is 0. The Kier molecular flexibility index (Phi) is 7.17. The van der Waals surface area contributed by atoms with E-state index in [1.165, 1.54) is 6.07 Å². The molecule has 1 amide bonds. The lowest BCUT2D eigenvalue weighted by Crippen LogP contribution is -2.33. The third kappa shape index (κ3) is 4.67. The number of ether oxygens (including phenoxy) is 2. The molecule has 0 aliphatic carbocycles. The standard InChI is InChI=1S/C22H27FN2O5S/c1-4-24(15-17-8-7-9-19-21(17)30-13-12-29-19)22(26)16-10-11-18(23)20(14-16)31(27,28)25(5-2)6-3/h7-11,14H,4-6,12-13,15H2,1-3H3. The second-order valence-corrected chi connectivity index (χ2v) is 8.90. The van der Waals surface area contributed by atoms with Crippen LogP contribution in [0.3, 0.4) is 0 Å². The van der Waals surface area contributed by atoms with Gasteiger partial charge >= 0.3 is 0 Å². The van der Waals surface area contributed by atoms with E-state index in [9.17, 15) is 17.6 Å². The molecule has 0 unspecified atom stereocenters. The Morgan fingerprint density at radius 1 is 1.03 bits per heavy atom. The molecule has 0 saturated heterocycles. The molecule has 0 bridgehead atoms. The molecule has 168 valence electrons. The van der Waals surface area contributed by atoms with E-state index in [1.54, 1.807) is 24.8 Å². The summed E-state index contributed by atoms with van der Waals surface area (Å²) < 4.78 is 52.5. The molecule has 2 aromatic rings. The Morgan fingerprint density at radius 2 is 1.74 bits per heavy atom. The lowest BCUT2D eigenvalue weighted by Gasteiger charge is -2.26. The second-order valence-electron chi connectivity index (χ2n) is 7.00. The highest BCUT2D eigenvalue weighted by Gasteiger charge is 2.28. The van der Waals surface area contributed by atoms with E-state index in [2.05, 4.69) is 0 Å². The number of amides is 1. The molecular weight excluding hydrogens is 423 g/mol. The van der Waals surface area contributed by atoms with Crippen molar-refractivity contribution >= 4 is 15.9 Å². The highest BCUT2D eigenvalue weighted by molar-refractivity contribution is 7.89. The van der Waals surface area contributed by atoms with Crippen molar-refractivity contribution in [2.45, 2.75) is 32.2 Å². The molecule has 0 fully saturated rings. The molecule has 0 N–H and O–H groups in total. The van der Waals surface area contributed by atoms with Gasteiger partial charge in [-0.25, -0.2) is 12.8 Å². The zero-order valence-electron chi connectivity index (χ0n) is 17.9. The normalized spacial score (nSPS) is 13.3. The molecule has 0 saturated carbocycles. The van der Waals surface area contributed by atoms with Crippen molar-refractivity contribution in [2.75, 3.05) is 32.8 Å². The van der Waals surface area contributed by atoms with Gasteiger partial charge in [-0.15, -0.1) is 0 Å². The minimum atomic E-state index is -4.04. The number of carbonyl (C=O) groups excluding carboxylic acids is 1. The van der Waals surface area contributed by atoms with E-state index >= 15 is 0 Å². The summed E-state index contributed by atoms with van der Waals surface area (Å²) in [6, 6.07) is 8.94. The molecule has 0 atom stereocenters. The minimum Gasteiger partial charge on any atom is -0.486 e. The van der Waals surface area contributed by atoms with Gasteiger partial charge in [-0.05, 0) is 31.2 Å². The topological polar surface area (TPSA) is 76.1 Å². The molecule has 9 heteroatoms. The second kappa shape index (κ2) is 9.65. The Morgan fingerprint density at radius 3 is 2.42 bits per heavy atom. The number of fused-ring (bicyclic) bond motifs is 1. The van der Waals surface area contributed by atoms with Gasteiger partial charge in [0.05, 0.1) is 0 Å². The number of nitrogens with zero attached hydrogens (tertiary/aromatic N) is 2. The van der Waals surface area contributed by atoms with E-state index in [4.69, 9.17) is 9.47 Å².